The maximum atomic E-state index is 10.9. The summed E-state index contributed by atoms with van der Waals surface area (Å²) in [7, 11) is 0. The van der Waals surface area contributed by atoms with Gasteiger partial charge in [-0.2, -0.15) is 0 Å². The van der Waals surface area contributed by atoms with Crippen molar-refractivity contribution in [1.29, 1.82) is 0 Å². The molecule has 0 spiro atoms. The summed E-state index contributed by atoms with van der Waals surface area (Å²) >= 11 is 7.08. The molecule has 0 bridgehead atoms. The van der Waals surface area contributed by atoms with E-state index in [1.807, 2.05) is 0 Å². The lowest BCUT2D eigenvalue weighted by Crippen LogP contribution is -2.26. The van der Waals surface area contributed by atoms with E-state index in [0.717, 1.165) is 6.42 Å². The number of carbonyl (C=O) groups excluding carboxylic acids is 1. The quantitative estimate of drug-likeness (QED) is 0.635. The van der Waals surface area contributed by atoms with Gasteiger partial charge in [0.25, 0.3) is 0 Å². The van der Waals surface area contributed by atoms with Crippen molar-refractivity contribution in [2.24, 2.45) is 0 Å². The molecule has 1 aromatic carbocycles. The summed E-state index contributed by atoms with van der Waals surface area (Å²) in [5.74, 6) is -0.0804. The number of benzene rings is 1. The van der Waals surface area contributed by atoms with E-state index in [1.54, 1.807) is 11.8 Å². The van der Waals surface area contributed by atoms with Crippen molar-refractivity contribution in [2.45, 2.75) is 11.3 Å². The third-order valence-electron chi connectivity index (χ3n) is 2.02. The van der Waals surface area contributed by atoms with Gasteiger partial charge in [0.05, 0.1) is 0 Å². The van der Waals surface area contributed by atoms with E-state index in [9.17, 15) is 4.79 Å². The van der Waals surface area contributed by atoms with Crippen LogP contribution in [-0.2, 0) is 11.2 Å². The molecule has 0 atom stereocenters. The van der Waals surface area contributed by atoms with Crippen molar-refractivity contribution >= 4 is 29.3 Å². The Morgan fingerprint density at radius 1 is 1.40 bits per heavy atom. The van der Waals surface area contributed by atoms with E-state index in [1.165, 1.54) is 10.5 Å². The zero-order chi connectivity index (χ0) is 11.1. The molecule has 0 saturated heterocycles. The van der Waals surface area contributed by atoms with Crippen LogP contribution in [0.1, 0.15) is 5.56 Å². The number of hydrogen-bond donors (Lipinski definition) is 1. The van der Waals surface area contributed by atoms with Crippen LogP contribution in [0.3, 0.4) is 0 Å². The van der Waals surface area contributed by atoms with E-state index < -0.39 is 0 Å². The molecule has 1 amide bonds. The Labute approximate surface area is 99.4 Å². The van der Waals surface area contributed by atoms with E-state index in [2.05, 4.69) is 35.8 Å². The molecule has 0 aliphatic rings. The highest BCUT2D eigenvalue weighted by Crippen LogP contribution is 2.14. The summed E-state index contributed by atoms with van der Waals surface area (Å²) in [5.41, 5.74) is 1.22. The average molecular weight is 244 g/mol. The van der Waals surface area contributed by atoms with Crippen LogP contribution in [0.25, 0.3) is 0 Å². The fourth-order valence-electron chi connectivity index (χ4n) is 1.19. The first-order valence-corrected chi connectivity index (χ1v) is 6.48. The van der Waals surface area contributed by atoms with Crippen LogP contribution in [0.15, 0.2) is 29.2 Å². The van der Waals surface area contributed by atoms with E-state index in [-0.39, 0.29) is 11.8 Å². The second kappa shape index (κ2) is 6.75. The topological polar surface area (TPSA) is 29.1 Å². The predicted octanol–water partition coefficient (Wildman–Crippen LogP) is 2.31. The van der Waals surface area contributed by atoms with Crippen LogP contribution < -0.4 is 5.32 Å². The van der Waals surface area contributed by atoms with E-state index in [4.69, 9.17) is 11.6 Å². The standard InChI is InChI=1S/C11H14ClNOS/c1-15-10-4-2-9(3-5-10)6-7-13-11(14)8-12/h2-5H,6-8H2,1H3,(H,13,14). The molecule has 0 unspecified atom stereocenters. The summed E-state index contributed by atoms with van der Waals surface area (Å²) in [4.78, 5) is 12.1. The minimum atomic E-state index is -0.114. The van der Waals surface area contributed by atoms with Gasteiger partial charge in [-0.25, -0.2) is 0 Å². The molecule has 4 heteroatoms. The highest BCUT2D eigenvalue weighted by molar-refractivity contribution is 7.98. The summed E-state index contributed by atoms with van der Waals surface area (Å²) in [5, 5.41) is 2.73. The molecule has 0 radical (unpaired) electrons. The minimum Gasteiger partial charge on any atom is -0.355 e. The molecule has 0 fully saturated rings. The van der Waals surface area contributed by atoms with Crippen molar-refractivity contribution in [2.75, 3.05) is 18.7 Å². The zero-order valence-electron chi connectivity index (χ0n) is 8.63. The van der Waals surface area contributed by atoms with Crippen LogP contribution in [0.2, 0.25) is 0 Å². The normalized spacial score (nSPS) is 10.0. The largest absolute Gasteiger partial charge is 0.355 e. The summed E-state index contributed by atoms with van der Waals surface area (Å²) < 4.78 is 0. The van der Waals surface area contributed by atoms with Gasteiger partial charge in [-0.15, -0.1) is 23.4 Å². The van der Waals surface area contributed by atoms with E-state index in [0.29, 0.717) is 6.54 Å². The van der Waals surface area contributed by atoms with Gasteiger partial charge in [-0.1, -0.05) is 12.1 Å². The van der Waals surface area contributed by atoms with Crippen LogP contribution >= 0.6 is 23.4 Å². The maximum Gasteiger partial charge on any atom is 0.234 e. The molecule has 0 saturated carbocycles. The Hall–Kier alpha value is -0.670. The van der Waals surface area contributed by atoms with Crippen molar-refractivity contribution in [3.05, 3.63) is 29.8 Å². The zero-order valence-corrected chi connectivity index (χ0v) is 10.2. The van der Waals surface area contributed by atoms with Gasteiger partial charge in [0.15, 0.2) is 0 Å². The second-order valence-electron chi connectivity index (χ2n) is 3.08. The number of nitrogens with one attached hydrogen (secondary N) is 1. The van der Waals surface area contributed by atoms with Crippen LogP contribution in [0.5, 0.6) is 0 Å². The summed E-state index contributed by atoms with van der Waals surface area (Å²) in [6.07, 6.45) is 2.90. The molecular formula is C11H14ClNOS. The number of alkyl halides is 1. The van der Waals surface area contributed by atoms with Crippen LogP contribution in [0.4, 0.5) is 0 Å². The predicted molar refractivity (Wildman–Crippen MR) is 65.7 cm³/mol. The van der Waals surface area contributed by atoms with Crippen molar-refractivity contribution in [3.8, 4) is 0 Å². The lowest BCUT2D eigenvalue weighted by Gasteiger charge is -2.04. The monoisotopic (exact) mass is 243 g/mol. The highest BCUT2D eigenvalue weighted by Gasteiger charge is 1.98. The van der Waals surface area contributed by atoms with Gasteiger partial charge in [-0.05, 0) is 30.4 Å². The van der Waals surface area contributed by atoms with E-state index >= 15 is 0 Å². The third kappa shape index (κ3) is 4.58. The number of carbonyl (C=O) groups is 1. The van der Waals surface area contributed by atoms with Gasteiger partial charge >= 0.3 is 0 Å². The fourth-order valence-corrected chi connectivity index (χ4v) is 1.69. The lowest BCUT2D eigenvalue weighted by molar-refractivity contribution is -0.118. The number of thioether (sulfide) groups is 1. The Morgan fingerprint density at radius 2 is 2.07 bits per heavy atom. The lowest BCUT2D eigenvalue weighted by atomic mass is 10.1. The highest BCUT2D eigenvalue weighted by atomic mass is 35.5. The first-order valence-electron chi connectivity index (χ1n) is 4.72. The second-order valence-corrected chi connectivity index (χ2v) is 4.23. The molecule has 15 heavy (non-hydrogen) atoms. The van der Waals surface area contributed by atoms with Gasteiger partial charge in [0, 0.05) is 11.4 Å². The van der Waals surface area contributed by atoms with Crippen LogP contribution in [-0.4, -0.2) is 24.6 Å². The average Bonchev–Trinajstić information content (AvgIpc) is 2.29. The smallest absolute Gasteiger partial charge is 0.234 e. The molecule has 1 aromatic rings. The number of halogens is 1. The summed E-state index contributed by atoms with van der Waals surface area (Å²) in [6.45, 7) is 0.643. The van der Waals surface area contributed by atoms with Gasteiger partial charge in [0.2, 0.25) is 5.91 Å². The first kappa shape index (κ1) is 12.4. The van der Waals surface area contributed by atoms with Crippen LogP contribution in [0, 0.1) is 0 Å². The Kier molecular flexibility index (Phi) is 5.58. The maximum absolute atomic E-state index is 10.9. The molecule has 0 aliphatic heterocycles. The Morgan fingerprint density at radius 3 is 2.60 bits per heavy atom. The fraction of sp³-hybridized carbons (Fsp3) is 0.364. The SMILES string of the molecule is CSc1ccc(CCNC(=O)CCl)cc1. The molecule has 1 rings (SSSR count). The molecule has 0 aliphatic carbocycles. The van der Waals surface area contributed by atoms with Crippen molar-refractivity contribution < 1.29 is 4.79 Å². The molecule has 1 N–H and O–H groups in total. The Balaban J connectivity index is 2.34. The number of amides is 1. The van der Waals surface area contributed by atoms with Crippen molar-refractivity contribution in [1.82, 2.24) is 5.32 Å². The Bertz CT molecular complexity index is 313. The number of hydrogen-bond acceptors (Lipinski definition) is 2. The first-order chi connectivity index (χ1) is 7.26. The molecule has 2 nitrogen and oxygen atoms in total. The van der Waals surface area contributed by atoms with Gasteiger partial charge in [0.1, 0.15) is 5.88 Å². The van der Waals surface area contributed by atoms with Gasteiger partial charge in [-0.3, -0.25) is 4.79 Å². The van der Waals surface area contributed by atoms with Gasteiger partial charge < -0.3 is 5.32 Å². The van der Waals surface area contributed by atoms with Crippen molar-refractivity contribution in [3.63, 3.8) is 0 Å². The molecule has 0 heterocycles. The number of rotatable bonds is 5. The molecule has 82 valence electrons. The minimum absolute atomic E-state index is 0.0331. The summed E-state index contributed by atoms with van der Waals surface area (Å²) in [6, 6.07) is 8.34. The molecule has 0 aromatic heterocycles. The molecular weight excluding hydrogens is 230 g/mol. The third-order valence-corrected chi connectivity index (χ3v) is 3.00.